The van der Waals surface area contributed by atoms with Gasteiger partial charge in [0.1, 0.15) is 19.2 Å². The van der Waals surface area contributed by atoms with Crippen LogP contribution in [-0.2, 0) is 60.9 Å². The van der Waals surface area contributed by atoms with Crippen LogP contribution in [-0.4, -0.2) is 77.8 Å². The monoisotopic (exact) mass is 626 g/mol. The topological polar surface area (TPSA) is 162 Å². The third kappa shape index (κ3) is 13.6. The van der Waals surface area contributed by atoms with E-state index in [0.717, 1.165) is 18.1 Å². The molecule has 0 bridgehead atoms. The molecule has 0 aliphatic rings. The van der Waals surface area contributed by atoms with E-state index in [1.54, 1.807) is 54.6 Å². The molecule has 2 aromatic carbocycles. The van der Waals surface area contributed by atoms with E-state index in [9.17, 15) is 31.2 Å². The largest absolute Gasteiger partial charge is 0.460 e. The molecular formula is C28H38N2O10S2. The van der Waals surface area contributed by atoms with Crippen molar-refractivity contribution >= 4 is 38.0 Å². The average molecular weight is 627 g/mol. The predicted molar refractivity (Wildman–Crippen MR) is 155 cm³/mol. The second-order valence-electron chi connectivity index (χ2n) is 10.1. The highest BCUT2D eigenvalue weighted by atomic mass is 32.2. The molecular weight excluding hydrogens is 588 g/mol. The lowest BCUT2D eigenvalue weighted by Crippen LogP contribution is -2.53. The second kappa shape index (κ2) is 16.3. The fourth-order valence-electron chi connectivity index (χ4n) is 3.85. The van der Waals surface area contributed by atoms with Crippen molar-refractivity contribution in [1.29, 1.82) is 0 Å². The molecule has 0 heterocycles. The van der Waals surface area contributed by atoms with E-state index in [4.69, 9.17) is 13.1 Å². The van der Waals surface area contributed by atoms with Crippen LogP contribution in [0.25, 0.3) is 0 Å². The number of carbonyl (C=O) groups excluding carboxylic acids is 3. The van der Waals surface area contributed by atoms with Gasteiger partial charge in [-0.25, -0.2) is 0 Å². The van der Waals surface area contributed by atoms with Crippen LogP contribution in [0.2, 0.25) is 0 Å². The van der Waals surface area contributed by atoms with E-state index in [1.807, 2.05) is 19.9 Å². The Bertz CT molecular complexity index is 1350. The van der Waals surface area contributed by atoms with Gasteiger partial charge in [-0.2, -0.15) is 16.8 Å². The number of hydrogen-bond acceptors (Lipinski definition) is 10. The Morgan fingerprint density at radius 2 is 1.31 bits per heavy atom. The SMILES string of the molecule is CC(C)CC(C(=O)NCC(=O)OCc1ccccc1)N(Cc1ccccc1)C(=O)C(COS(C)(=O)=O)COS(C)(=O)=O. The van der Waals surface area contributed by atoms with Gasteiger partial charge < -0.3 is 15.0 Å². The van der Waals surface area contributed by atoms with Crippen LogP contribution in [0.5, 0.6) is 0 Å². The van der Waals surface area contributed by atoms with E-state index in [1.165, 1.54) is 4.90 Å². The molecule has 2 amide bonds. The average Bonchev–Trinajstić information content (AvgIpc) is 2.92. The molecule has 0 aliphatic heterocycles. The molecule has 0 saturated carbocycles. The van der Waals surface area contributed by atoms with Crippen molar-refractivity contribution in [2.24, 2.45) is 11.8 Å². The molecule has 0 aliphatic carbocycles. The van der Waals surface area contributed by atoms with Crippen molar-refractivity contribution < 1.29 is 44.3 Å². The van der Waals surface area contributed by atoms with Crippen LogP contribution < -0.4 is 5.32 Å². The van der Waals surface area contributed by atoms with Crippen molar-refractivity contribution in [2.75, 3.05) is 32.3 Å². The molecule has 1 N–H and O–H groups in total. The Hall–Kier alpha value is -3.33. The van der Waals surface area contributed by atoms with Gasteiger partial charge in [0.05, 0.1) is 31.6 Å². The fraction of sp³-hybridized carbons (Fsp3) is 0.464. The number of hydrogen-bond donors (Lipinski definition) is 1. The summed E-state index contributed by atoms with van der Waals surface area (Å²) in [7, 11) is -7.99. The highest BCUT2D eigenvalue weighted by Crippen LogP contribution is 2.20. The third-order valence-electron chi connectivity index (χ3n) is 5.82. The van der Waals surface area contributed by atoms with Crippen LogP contribution in [0, 0.1) is 11.8 Å². The van der Waals surface area contributed by atoms with Crippen LogP contribution in [0.1, 0.15) is 31.4 Å². The summed E-state index contributed by atoms with van der Waals surface area (Å²) in [5.74, 6) is -3.57. The summed E-state index contributed by atoms with van der Waals surface area (Å²) in [6, 6.07) is 16.6. The summed E-state index contributed by atoms with van der Waals surface area (Å²) >= 11 is 0. The quantitative estimate of drug-likeness (QED) is 0.203. The maximum Gasteiger partial charge on any atom is 0.325 e. The summed E-state index contributed by atoms with van der Waals surface area (Å²) in [5.41, 5.74) is 1.43. The molecule has 0 radical (unpaired) electrons. The van der Waals surface area contributed by atoms with Gasteiger partial charge in [0, 0.05) is 6.54 Å². The minimum Gasteiger partial charge on any atom is -0.460 e. The zero-order valence-electron chi connectivity index (χ0n) is 24.1. The molecule has 42 heavy (non-hydrogen) atoms. The number of benzene rings is 2. The maximum absolute atomic E-state index is 13.9. The third-order valence-corrected chi connectivity index (χ3v) is 6.95. The van der Waals surface area contributed by atoms with E-state index >= 15 is 0 Å². The fourth-order valence-corrected chi connectivity index (χ4v) is 4.67. The Morgan fingerprint density at radius 3 is 1.79 bits per heavy atom. The molecule has 0 fully saturated rings. The lowest BCUT2D eigenvalue weighted by Gasteiger charge is -2.34. The molecule has 1 unspecified atom stereocenters. The molecule has 0 saturated heterocycles. The minimum atomic E-state index is -4.00. The molecule has 12 nitrogen and oxygen atoms in total. The van der Waals surface area contributed by atoms with E-state index in [-0.39, 0.29) is 25.5 Å². The van der Waals surface area contributed by atoms with Gasteiger partial charge in [0.25, 0.3) is 20.2 Å². The van der Waals surface area contributed by atoms with Gasteiger partial charge in [-0.1, -0.05) is 74.5 Å². The Kier molecular flexibility index (Phi) is 13.6. The van der Waals surface area contributed by atoms with Gasteiger partial charge in [-0.05, 0) is 23.5 Å². The van der Waals surface area contributed by atoms with Gasteiger partial charge in [-0.3, -0.25) is 22.7 Å². The Labute approximate surface area is 247 Å². The minimum absolute atomic E-state index is 0.0198. The molecule has 14 heteroatoms. The lowest BCUT2D eigenvalue weighted by molar-refractivity contribution is -0.148. The van der Waals surface area contributed by atoms with E-state index < -0.39 is 69.7 Å². The Morgan fingerprint density at radius 1 is 0.810 bits per heavy atom. The summed E-state index contributed by atoms with van der Waals surface area (Å²) in [5, 5.41) is 2.54. The summed E-state index contributed by atoms with van der Waals surface area (Å²) < 4.78 is 61.6. The zero-order valence-corrected chi connectivity index (χ0v) is 25.7. The molecule has 0 spiro atoms. The number of carbonyl (C=O) groups is 3. The molecule has 2 rings (SSSR count). The maximum atomic E-state index is 13.9. The van der Waals surface area contributed by atoms with Crippen molar-refractivity contribution in [3.63, 3.8) is 0 Å². The normalized spacial score (nSPS) is 12.6. The molecule has 0 aromatic heterocycles. The van der Waals surface area contributed by atoms with E-state index in [0.29, 0.717) is 5.56 Å². The molecule has 1 atom stereocenters. The highest BCUT2D eigenvalue weighted by molar-refractivity contribution is 7.86. The van der Waals surface area contributed by atoms with Gasteiger partial charge in [0.2, 0.25) is 11.8 Å². The van der Waals surface area contributed by atoms with Crippen LogP contribution in [0.3, 0.4) is 0 Å². The first kappa shape index (κ1) is 34.9. The van der Waals surface area contributed by atoms with Crippen LogP contribution in [0.4, 0.5) is 0 Å². The summed E-state index contributed by atoms with van der Waals surface area (Å²) in [4.78, 5) is 41.0. The van der Waals surface area contributed by atoms with Gasteiger partial charge in [-0.15, -0.1) is 0 Å². The van der Waals surface area contributed by atoms with Gasteiger partial charge in [0.15, 0.2) is 0 Å². The zero-order chi connectivity index (χ0) is 31.3. The number of esters is 1. The lowest BCUT2D eigenvalue weighted by atomic mass is 9.98. The Balaban J connectivity index is 2.32. The standard InChI is InChI=1S/C28H38N2O10S2/c1-21(2)15-25(27(32)29-16-26(31)38-18-23-13-9-6-10-14-23)30(17-22-11-7-5-8-12-22)28(33)24(19-39-41(3,34)35)20-40-42(4,36)37/h5-14,21,24-25H,15-20H2,1-4H3,(H,29,32). The van der Waals surface area contributed by atoms with Crippen molar-refractivity contribution in [3.05, 3.63) is 71.8 Å². The highest BCUT2D eigenvalue weighted by Gasteiger charge is 2.36. The smallest absolute Gasteiger partial charge is 0.325 e. The summed E-state index contributed by atoms with van der Waals surface area (Å²) in [6.45, 7) is 1.77. The number of nitrogens with zero attached hydrogens (tertiary/aromatic N) is 1. The first-order chi connectivity index (χ1) is 19.6. The number of nitrogens with one attached hydrogen (secondary N) is 1. The van der Waals surface area contributed by atoms with Crippen LogP contribution >= 0.6 is 0 Å². The van der Waals surface area contributed by atoms with Crippen molar-refractivity contribution in [1.82, 2.24) is 10.2 Å². The predicted octanol–water partition coefficient (Wildman–Crippen LogP) is 1.86. The molecule has 232 valence electrons. The molecule has 2 aromatic rings. The van der Waals surface area contributed by atoms with Crippen LogP contribution in [0.15, 0.2) is 60.7 Å². The van der Waals surface area contributed by atoms with Crippen molar-refractivity contribution in [3.8, 4) is 0 Å². The number of rotatable bonds is 17. The first-order valence-electron chi connectivity index (χ1n) is 13.1. The number of ether oxygens (including phenoxy) is 1. The van der Waals surface area contributed by atoms with Gasteiger partial charge >= 0.3 is 5.97 Å². The number of amides is 2. The second-order valence-corrected chi connectivity index (χ2v) is 13.4. The first-order valence-corrected chi connectivity index (χ1v) is 16.8. The van der Waals surface area contributed by atoms with Crippen molar-refractivity contribution in [2.45, 2.75) is 39.5 Å². The summed E-state index contributed by atoms with van der Waals surface area (Å²) in [6.07, 6.45) is 1.76. The van der Waals surface area contributed by atoms with E-state index in [2.05, 4.69) is 5.32 Å².